The molecule has 0 aliphatic carbocycles. The summed E-state index contributed by atoms with van der Waals surface area (Å²) < 4.78 is 0. The monoisotopic (exact) mass is 507 g/mol. The Kier molecular flexibility index (Phi) is 8.61. The molecule has 7 nitrogen and oxygen atoms in total. The van der Waals surface area contributed by atoms with Crippen LogP contribution in [0.2, 0.25) is 0 Å². The number of aromatic nitrogens is 1. The van der Waals surface area contributed by atoms with Crippen LogP contribution in [0.3, 0.4) is 0 Å². The fourth-order valence-corrected chi connectivity index (χ4v) is 4.17. The van der Waals surface area contributed by atoms with Crippen molar-refractivity contribution in [2.24, 2.45) is 0 Å². The highest BCUT2D eigenvalue weighted by Gasteiger charge is 2.23. The van der Waals surface area contributed by atoms with Gasteiger partial charge in [0, 0.05) is 43.2 Å². The van der Waals surface area contributed by atoms with Crippen LogP contribution in [0.4, 0.5) is 0 Å². The molecule has 0 atom stereocenters. The number of carbonyl (C=O) groups is 3. The maximum atomic E-state index is 13.8. The molecule has 1 aromatic heterocycles. The molecule has 0 fully saturated rings. The van der Waals surface area contributed by atoms with Crippen LogP contribution in [0.1, 0.15) is 43.8 Å². The van der Waals surface area contributed by atoms with Crippen molar-refractivity contribution in [2.45, 2.75) is 26.4 Å². The molecule has 0 unspecified atom stereocenters. The van der Waals surface area contributed by atoms with E-state index < -0.39 is 5.97 Å². The van der Waals surface area contributed by atoms with Crippen LogP contribution in [-0.2, 0) is 17.9 Å². The first kappa shape index (κ1) is 26.3. The van der Waals surface area contributed by atoms with Crippen molar-refractivity contribution in [2.75, 3.05) is 6.54 Å². The van der Waals surface area contributed by atoms with Crippen molar-refractivity contribution in [3.63, 3.8) is 0 Å². The van der Waals surface area contributed by atoms with Crippen molar-refractivity contribution in [1.82, 2.24) is 15.2 Å². The van der Waals surface area contributed by atoms with Crippen LogP contribution in [0.15, 0.2) is 97.3 Å². The number of carboxylic acid groups (broad SMARTS) is 1. The molecule has 0 saturated carbocycles. The first-order valence-corrected chi connectivity index (χ1v) is 12.3. The van der Waals surface area contributed by atoms with Crippen LogP contribution in [0, 0.1) is 6.92 Å². The molecule has 2 N–H and O–H groups in total. The van der Waals surface area contributed by atoms with Crippen molar-refractivity contribution in [1.29, 1.82) is 0 Å². The normalized spacial score (nSPS) is 10.6. The molecule has 2 amide bonds. The summed E-state index contributed by atoms with van der Waals surface area (Å²) in [4.78, 5) is 43.9. The summed E-state index contributed by atoms with van der Waals surface area (Å²) in [6.07, 6.45) is 3.11. The summed E-state index contributed by atoms with van der Waals surface area (Å²) in [5.41, 5.74) is 4.99. The first-order chi connectivity index (χ1) is 18.4. The fourth-order valence-electron chi connectivity index (χ4n) is 4.17. The Balaban J connectivity index is 1.63. The van der Waals surface area contributed by atoms with E-state index in [1.54, 1.807) is 48.8 Å². The van der Waals surface area contributed by atoms with Crippen LogP contribution in [0.5, 0.6) is 0 Å². The Labute approximate surface area is 221 Å². The van der Waals surface area contributed by atoms with Gasteiger partial charge in [-0.15, -0.1) is 0 Å². The van der Waals surface area contributed by atoms with Gasteiger partial charge in [-0.3, -0.25) is 19.4 Å². The number of hydrogen-bond acceptors (Lipinski definition) is 4. The largest absolute Gasteiger partial charge is 0.481 e. The van der Waals surface area contributed by atoms with Crippen molar-refractivity contribution >= 4 is 17.8 Å². The molecular weight excluding hydrogens is 478 g/mol. The smallest absolute Gasteiger partial charge is 0.305 e. The van der Waals surface area contributed by atoms with Gasteiger partial charge in [-0.1, -0.05) is 72.3 Å². The lowest BCUT2D eigenvalue weighted by Gasteiger charge is -2.24. The van der Waals surface area contributed by atoms with Gasteiger partial charge >= 0.3 is 5.97 Å². The number of pyridine rings is 1. The van der Waals surface area contributed by atoms with Crippen LogP contribution in [0.25, 0.3) is 11.1 Å². The zero-order valence-electron chi connectivity index (χ0n) is 21.1. The third-order valence-corrected chi connectivity index (χ3v) is 6.17. The Hall–Kier alpha value is -4.78. The number of rotatable bonds is 10. The van der Waals surface area contributed by atoms with Gasteiger partial charge in [-0.05, 0) is 47.4 Å². The summed E-state index contributed by atoms with van der Waals surface area (Å²) in [5.74, 6) is -1.56. The van der Waals surface area contributed by atoms with E-state index >= 15 is 0 Å². The van der Waals surface area contributed by atoms with Gasteiger partial charge < -0.3 is 15.3 Å². The van der Waals surface area contributed by atoms with Crippen LogP contribution < -0.4 is 5.32 Å². The molecule has 4 rings (SSSR count). The Morgan fingerprint density at radius 2 is 1.47 bits per heavy atom. The predicted molar refractivity (Wildman–Crippen MR) is 145 cm³/mol. The van der Waals surface area contributed by atoms with Crippen LogP contribution in [-0.4, -0.2) is 39.3 Å². The van der Waals surface area contributed by atoms with Crippen molar-refractivity contribution < 1.29 is 19.5 Å². The fraction of sp³-hybridized carbons (Fsp3) is 0.161. The van der Waals surface area contributed by atoms with E-state index in [1.807, 2.05) is 55.5 Å². The van der Waals surface area contributed by atoms with E-state index in [-0.39, 0.29) is 31.3 Å². The highest BCUT2D eigenvalue weighted by Crippen LogP contribution is 2.29. The van der Waals surface area contributed by atoms with E-state index in [0.29, 0.717) is 28.8 Å². The zero-order chi connectivity index (χ0) is 26.9. The molecule has 4 aromatic rings. The van der Waals surface area contributed by atoms with E-state index in [2.05, 4.69) is 10.3 Å². The lowest BCUT2D eigenvalue weighted by atomic mass is 9.94. The second-order valence-electron chi connectivity index (χ2n) is 8.99. The number of nitrogens with zero attached hydrogens (tertiary/aromatic N) is 2. The minimum absolute atomic E-state index is 0.0378. The number of carbonyl (C=O) groups excluding carboxylic acids is 2. The van der Waals surface area contributed by atoms with E-state index in [0.717, 1.165) is 16.7 Å². The first-order valence-electron chi connectivity index (χ1n) is 12.3. The van der Waals surface area contributed by atoms with Gasteiger partial charge in [0.15, 0.2) is 0 Å². The Morgan fingerprint density at radius 3 is 2.13 bits per heavy atom. The maximum Gasteiger partial charge on any atom is 0.305 e. The van der Waals surface area contributed by atoms with E-state index in [1.165, 1.54) is 4.90 Å². The number of aryl methyl sites for hydroxylation is 1. The van der Waals surface area contributed by atoms with Gasteiger partial charge in [-0.2, -0.15) is 0 Å². The molecule has 0 saturated heterocycles. The van der Waals surface area contributed by atoms with E-state index in [4.69, 9.17) is 0 Å². The minimum atomic E-state index is -0.988. The van der Waals surface area contributed by atoms with Gasteiger partial charge in [0.1, 0.15) is 0 Å². The van der Waals surface area contributed by atoms with E-state index in [9.17, 15) is 19.5 Å². The summed E-state index contributed by atoms with van der Waals surface area (Å²) in [7, 11) is 0. The Bertz CT molecular complexity index is 1420. The average molecular weight is 508 g/mol. The lowest BCUT2D eigenvalue weighted by Crippen LogP contribution is -2.33. The van der Waals surface area contributed by atoms with Gasteiger partial charge in [-0.25, -0.2) is 0 Å². The lowest BCUT2D eigenvalue weighted by molar-refractivity contribution is -0.137. The molecule has 192 valence electrons. The van der Waals surface area contributed by atoms with Gasteiger partial charge in [0.25, 0.3) is 11.8 Å². The number of benzene rings is 3. The molecular formula is C31H29N3O4. The van der Waals surface area contributed by atoms with Crippen molar-refractivity contribution in [3.05, 3.63) is 125 Å². The SMILES string of the molecule is Cc1ccc(CNC(=O)c2ccccc2-c2ccccc2C(=O)N(CCC(=O)O)Cc2cccnc2)cc1. The number of hydrogen-bond donors (Lipinski definition) is 2. The molecule has 3 aromatic carbocycles. The molecule has 0 bridgehead atoms. The summed E-state index contributed by atoms with van der Waals surface area (Å²) in [6, 6.07) is 25.8. The summed E-state index contributed by atoms with van der Waals surface area (Å²) >= 11 is 0. The third kappa shape index (κ3) is 6.70. The quantitative estimate of drug-likeness (QED) is 0.311. The second-order valence-corrected chi connectivity index (χ2v) is 8.99. The predicted octanol–water partition coefficient (Wildman–Crippen LogP) is 5.10. The maximum absolute atomic E-state index is 13.8. The zero-order valence-corrected chi connectivity index (χ0v) is 21.1. The number of carboxylic acids is 1. The Morgan fingerprint density at radius 1 is 0.816 bits per heavy atom. The minimum Gasteiger partial charge on any atom is -0.481 e. The number of aliphatic carboxylic acids is 1. The molecule has 0 spiro atoms. The molecule has 0 aliphatic heterocycles. The molecule has 0 aliphatic rings. The second kappa shape index (κ2) is 12.5. The molecule has 1 heterocycles. The highest BCUT2D eigenvalue weighted by atomic mass is 16.4. The topological polar surface area (TPSA) is 99.6 Å². The van der Waals surface area contributed by atoms with Gasteiger partial charge in [0.2, 0.25) is 0 Å². The molecule has 38 heavy (non-hydrogen) atoms. The number of amides is 2. The van der Waals surface area contributed by atoms with Crippen LogP contribution >= 0.6 is 0 Å². The standard InChI is InChI=1S/C31H29N3O4/c1-22-12-14-23(15-13-22)20-33-30(37)27-10-4-2-8-25(27)26-9-3-5-11-28(26)31(38)34(18-16-29(35)36)21-24-7-6-17-32-19-24/h2-15,17,19H,16,18,20-21H2,1H3,(H,33,37)(H,35,36). The number of nitrogens with one attached hydrogen (secondary N) is 1. The highest BCUT2D eigenvalue weighted by molar-refractivity contribution is 6.06. The third-order valence-electron chi connectivity index (χ3n) is 6.17. The molecule has 0 radical (unpaired) electrons. The summed E-state index contributed by atoms with van der Waals surface area (Å²) in [5, 5.41) is 12.2. The van der Waals surface area contributed by atoms with Crippen molar-refractivity contribution in [3.8, 4) is 11.1 Å². The summed E-state index contributed by atoms with van der Waals surface area (Å²) in [6.45, 7) is 2.64. The average Bonchev–Trinajstić information content (AvgIpc) is 2.95. The molecule has 7 heteroatoms. The van der Waals surface area contributed by atoms with Gasteiger partial charge in [0.05, 0.1) is 6.42 Å².